The van der Waals surface area contributed by atoms with Gasteiger partial charge >= 0.3 is 5.97 Å². The van der Waals surface area contributed by atoms with Crippen LogP contribution in [0.2, 0.25) is 0 Å². The van der Waals surface area contributed by atoms with E-state index in [1.165, 1.54) is 6.08 Å². The number of aliphatic hydroxyl groups excluding tert-OH is 1. The van der Waals surface area contributed by atoms with E-state index in [2.05, 4.69) is 12.5 Å². The summed E-state index contributed by atoms with van der Waals surface area (Å²) >= 11 is 0. The minimum atomic E-state index is -0.553. The van der Waals surface area contributed by atoms with Gasteiger partial charge in [0, 0.05) is 24.5 Å². The summed E-state index contributed by atoms with van der Waals surface area (Å²) in [4.78, 5) is 12.2. The zero-order chi connectivity index (χ0) is 18.8. The number of esters is 1. The molecule has 1 aliphatic heterocycles. The van der Waals surface area contributed by atoms with Gasteiger partial charge in [0.15, 0.2) is 0 Å². The van der Waals surface area contributed by atoms with E-state index in [9.17, 15) is 4.79 Å². The second-order valence-electron chi connectivity index (χ2n) is 5.88. The largest absolute Gasteiger partial charge is 0.458 e. The second kappa shape index (κ2) is 10.4. The third kappa shape index (κ3) is 5.76. The van der Waals surface area contributed by atoms with E-state index in [0.29, 0.717) is 19.4 Å². The van der Waals surface area contributed by atoms with Crippen molar-refractivity contribution in [2.45, 2.75) is 31.5 Å². The van der Waals surface area contributed by atoms with E-state index >= 15 is 0 Å². The number of benzene rings is 1. The van der Waals surface area contributed by atoms with Crippen LogP contribution in [0, 0.1) is 12.3 Å². The van der Waals surface area contributed by atoms with Crippen LogP contribution in [-0.4, -0.2) is 37.2 Å². The molecule has 0 saturated carbocycles. The first kappa shape index (κ1) is 19.8. The van der Waals surface area contributed by atoms with Crippen molar-refractivity contribution < 1.29 is 24.1 Å². The molecule has 1 aromatic carbocycles. The van der Waals surface area contributed by atoms with Crippen LogP contribution in [-0.2, 0) is 19.0 Å². The van der Waals surface area contributed by atoms with Gasteiger partial charge in [-0.3, -0.25) is 0 Å². The van der Waals surface area contributed by atoms with Crippen LogP contribution in [0.1, 0.15) is 36.3 Å². The molecule has 5 nitrogen and oxygen atoms in total. The minimum absolute atomic E-state index is 0.0512. The van der Waals surface area contributed by atoms with Crippen LogP contribution in [0.25, 0.3) is 0 Å². The number of rotatable bonds is 9. The SMILES string of the molecule is C#Cc1ccc([C@@H]2C=C(C(=O)OCC=C)O[C@H](OCCCCO)C2)cc1. The lowest BCUT2D eigenvalue weighted by molar-refractivity contribution is -0.160. The van der Waals surface area contributed by atoms with E-state index in [4.69, 9.17) is 25.7 Å². The molecule has 26 heavy (non-hydrogen) atoms. The van der Waals surface area contributed by atoms with Crippen molar-refractivity contribution in [2.75, 3.05) is 19.8 Å². The molecule has 1 N–H and O–H groups in total. The molecule has 1 heterocycles. The molecular weight excluding hydrogens is 332 g/mol. The summed E-state index contributed by atoms with van der Waals surface area (Å²) in [5.41, 5.74) is 1.82. The number of unbranched alkanes of at least 4 members (excludes halogenated alkanes) is 1. The molecule has 5 heteroatoms. The maximum atomic E-state index is 12.2. The summed E-state index contributed by atoms with van der Waals surface area (Å²) in [7, 11) is 0. The van der Waals surface area contributed by atoms with Crippen LogP contribution in [0.15, 0.2) is 48.8 Å². The van der Waals surface area contributed by atoms with Crippen LogP contribution in [0.3, 0.4) is 0 Å². The summed E-state index contributed by atoms with van der Waals surface area (Å²) < 4.78 is 16.5. The average Bonchev–Trinajstić information content (AvgIpc) is 2.69. The number of carbonyl (C=O) groups is 1. The average molecular weight is 356 g/mol. The van der Waals surface area contributed by atoms with E-state index in [1.54, 1.807) is 6.08 Å². The molecule has 0 spiro atoms. The van der Waals surface area contributed by atoms with Crippen molar-refractivity contribution in [3.63, 3.8) is 0 Å². The Hall–Kier alpha value is -2.55. The third-order valence-corrected chi connectivity index (χ3v) is 3.95. The third-order valence-electron chi connectivity index (χ3n) is 3.95. The lowest BCUT2D eigenvalue weighted by atomic mass is 9.92. The second-order valence-corrected chi connectivity index (χ2v) is 5.88. The Balaban J connectivity index is 2.13. The molecule has 2 rings (SSSR count). The number of ether oxygens (including phenoxy) is 3. The van der Waals surface area contributed by atoms with Crippen LogP contribution < -0.4 is 0 Å². The Morgan fingerprint density at radius 2 is 2.15 bits per heavy atom. The van der Waals surface area contributed by atoms with Gasteiger partial charge in [-0.1, -0.05) is 30.7 Å². The number of allylic oxidation sites excluding steroid dienone is 1. The number of hydrogen-bond acceptors (Lipinski definition) is 5. The highest BCUT2D eigenvalue weighted by molar-refractivity contribution is 5.86. The van der Waals surface area contributed by atoms with Crippen molar-refractivity contribution in [2.24, 2.45) is 0 Å². The molecule has 1 aromatic rings. The van der Waals surface area contributed by atoms with Gasteiger partial charge in [-0.2, -0.15) is 0 Å². The monoisotopic (exact) mass is 356 g/mol. The highest BCUT2D eigenvalue weighted by atomic mass is 16.7. The van der Waals surface area contributed by atoms with Crippen molar-refractivity contribution in [1.82, 2.24) is 0 Å². The zero-order valence-corrected chi connectivity index (χ0v) is 14.7. The standard InChI is InChI=1S/C21H24O5/c1-3-12-25-21(23)19-14-18(17-9-7-16(4-2)8-10-17)15-20(26-19)24-13-6-5-11-22/h2-3,7-10,14,18,20,22H,1,5-6,11-13,15H2/t18-,20+/m1/s1. The van der Waals surface area contributed by atoms with E-state index in [0.717, 1.165) is 17.5 Å². The molecule has 0 radical (unpaired) electrons. The Morgan fingerprint density at radius 1 is 1.38 bits per heavy atom. The van der Waals surface area contributed by atoms with Gasteiger partial charge in [-0.15, -0.1) is 6.42 Å². The van der Waals surface area contributed by atoms with Crippen LogP contribution >= 0.6 is 0 Å². The first-order chi connectivity index (χ1) is 12.7. The molecule has 0 aliphatic carbocycles. The number of hydrogen-bond donors (Lipinski definition) is 1. The van der Waals surface area contributed by atoms with Gasteiger partial charge in [0.05, 0.1) is 6.61 Å². The van der Waals surface area contributed by atoms with E-state index < -0.39 is 12.3 Å². The Kier molecular flexibility index (Phi) is 7.94. The predicted octanol–water partition coefficient (Wildman–Crippen LogP) is 2.90. The molecule has 0 saturated heterocycles. The van der Waals surface area contributed by atoms with Crippen molar-refractivity contribution >= 4 is 5.97 Å². The van der Waals surface area contributed by atoms with Crippen LogP contribution in [0.4, 0.5) is 0 Å². The molecule has 0 unspecified atom stereocenters. The van der Waals surface area contributed by atoms with Gasteiger partial charge in [0.2, 0.25) is 12.0 Å². The Labute approximate surface area is 154 Å². The number of aliphatic hydroxyl groups is 1. The first-order valence-electron chi connectivity index (χ1n) is 8.63. The normalized spacial score (nSPS) is 19.0. The van der Waals surface area contributed by atoms with Crippen molar-refractivity contribution in [1.29, 1.82) is 0 Å². The van der Waals surface area contributed by atoms with Crippen LogP contribution in [0.5, 0.6) is 0 Å². The molecule has 138 valence electrons. The fraction of sp³-hybridized carbons (Fsp3) is 0.381. The van der Waals surface area contributed by atoms with Crippen molar-refractivity contribution in [3.8, 4) is 12.3 Å². The predicted molar refractivity (Wildman–Crippen MR) is 98.1 cm³/mol. The smallest absolute Gasteiger partial charge is 0.373 e. The lowest BCUT2D eigenvalue weighted by Crippen LogP contribution is -2.28. The Bertz CT molecular complexity index is 669. The zero-order valence-electron chi connectivity index (χ0n) is 14.7. The number of carbonyl (C=O) groups excluding carboxylic acids is 1. The Morgan fingerprint density at radius 3 is 2.81 bits per heavy atom. The highest BCUT2D eigenvalue weighted by Gasteiger charge is 2.29. The fourth-order valence-corrected chi connectivity index (χ4v) is 2.60. The minimum Gasteiger partial charge on any atom is -0.458 e. The highest BCUT2D eigenvalue weighted by Crippen LogP contribution is 2.32. The molecule has 0 fully saturated rings. The van der Waals surface area contributed by atoms with E-state index in [1.807, 2.05) is 24.3 Å². The fourth-order valence-electron chi connectivity index (χ4n) is 2.60. The van der Waals surface area contributed by atoms with Gasteiger partial charge in [0.1, 0.15) is 6.61 Å². The maximum Gasteiger partial charge on any atom is 0.373 e. The van der Waals surface area contributed by atoms with Gasteiger partial charge in [0.25, 0.3) is 0 Å². The molecule has 0 amide bonds. The molecule has 0 bridgehead atoms. The summed E-state index contributed by atoms with van der Waals surface area (Å²) in [6.07, 6.45) is 10.1. The molecule has 1 aliphatic rings. The summed E-state index contributed by atoms with van der Waals surface area (Å²) in [6.45, 7) is 4.22. The lowest BCUT2D eigenvalue weighted by Gasteiger charge is -2.29. The summed E-state index contributed by atoms with van der Waals surface area (Å²) in [6, 6.07) is 7.62. The maximum absolute atomic E-state index is 12.2. The van der Waals surface area contributed by atoms with Gasteiger partial charge in [-0.25, -0.2) is 4.79 Å². The first-order valence-corrected chi connectivity index (χ1v) is 8.63. The van der Waals surface area contributed by atoms with Gasteiger partial charge < -0.3 is 19.3 Å². The summed E-state index contributed by atoms with van der Waals surface area (Å²) in [5, 5.41) is 8.85. The quantitative estimate of drug-likeness (QED) is 0.319. The van der Waals surface area contributed by atoms with E-state index in [-0.39, 0.29) is 24.9 Å². The summed E-state index contributed by atoms with van der Waals surface area (Å²) in [5.74, 6) is 2.13. The topological polar surface area (TPSA) is 65.0 Å². The molecule has 0 aromatic heterocycles. The van der Waals surface area contributed by atoms with Gasteiger partial charge in [-0.05, 0) is 36.6 Å². The molecular formula is C21H24O5. The molecule has 2 atom stereocenters. The number of terminal acetylenes is 1. The van der Waals surface area contributed by atoms with Crippen molar-refractivity contribution in [3.05, 3.63) is 59.9 Å².